The molecule has 1 atom stereocenters. The second-order valence-corrected chi connectivity index (χ2v) is 8.24. The third kappa shape index (κ3) is 4.89. The summed E-state index contributed by atoms with van der Waals surface area (Å²) in [4.78, 5) is 0. The molecule has 0 aliphatic heterocycles. The largest absolute Gasteiger partial charge is 0.0651 e. The molecule has 150 valence electrons. The van der Waals surface area contributed by atoms with Gasteiger partial charge in [-0.2, -0.15) is 0 Å². The smallest absolute Gasteiger partial charge is 0.0150 e. The maximum Gasteiger partial charge on any atom is -0.0150 e. The lowest BCUT2D eigenvalue weighted by atomic mass is 9.92. The number of benzene rings is 4. The van der Waals surface area contributed by atoms with Gasteiger partial charge in [-0.15, -0.1) is 0 Å². The van der Waals surface area contributed by atoms with E-state index in [4.69, 9.17) is 0 Å². The Labute approximate surface area is 181 Å². The fourth-order valence-corrected chi connectivity index (χ4v) is 4.09. The van der Waals surface area contributed by atoms with E-state index >= 15 is 0 Å². The van der Waals surface area contributed by atoms with Crippen molar-refractivity contribution in [3.63, 3.8) is 0 Å². The quantitative estimate of drug-likeness (QED) is 0.297. The molecule has 0 aliphatic carbocycles. The van der Waals surface area contributed by atoms with E-state index in [1.54, 1.807) is 0 Å². The first-order valence-electron chi connectivity index (χ1n) is 11.1. The average molecular weight is 391 g/mol. The molecule has 4 aromatic rings. The summed E-state index contributed by atoms with van der Waals surface area (Å²) < 4.78 is 0. The van der Waals surface area contributed by atoms with E-state index in [-0.39, 0.29) is 0 Å². The van der Waals surface area contributed by atoms with E-state index in [9.17, 15) is 0 Å². The molecule has 0 fully saturated rings. The molecule has 4 rings (SSSR count). The SMILES string of the molecule is CCCc1ccc(-c2ccc(-c3ccc(CC(C)c4ccccc4)cc3)cc2)cc1. The maximum absolute atomic E-state index is 2.30. The van der Waals surface area contributed by atoms with Gasteiger partial charge in [0.25, 0.3) is 0 Å². The van der Waals surface area contributed by atoms with Gasteiger partial charge in [0, 0.05) is 0 Å². The zero-order chi connectivity index (χ0) is 20.8. The first kappa shape index (κ1) is 20.2. The summed E-state index contributed by atoms with van der Waals surface area (Å²) in [6.45, 7) is 4.53. The molecule has 0 spiro atoms. The van der Waals surface area contributed by atoms with Crippen molar-refractivity contribution in [2.45, 2.75) is 39.0 Å². The zero-order valence-corrected chi connectivity index (χ0v) is 18.0. The van der Waals surface area contributed by atoms with Crippen LogP contribution in [0.25, 0.3) is 22.3 Å². The summed E-state index contributed by atoms with van der Waals surface area (Å²) in [5.74, 6) is 0.528. The average Bonchev–Trinajstić information content (AvgIpc) is 2.81. The summed E-state index contributed by atoms with van der Waals surface area (Å²) in [5.41, 5.74) is 9.31. The van der Waals surface area contributed by atoms with Gasteiger partial charge in [0.15, 0.2) is 0 Å². The highest BCUT2D eigenvalue weighted by Crippen LogP contribution is 2.27. The fourth-order valence-electron chi connectivity index (χ4n) is 4.09. The van der Waals surface area contributed by atoms with Crippen molar-refractivity contribution >= 4 is 0 Å². The lowest BCUT2D eigenvalue weighted by Gasteiger charge is -2.12. The van der Waals surface area contributed by atoms with Crippen LogP contribution in [0.2, 0.25) is 0 Å². The van der Waals surface area contributed by atoms with Crippen LogP contribution >= 0.6 is 0 Å². The van der Waals surface area contributed by atoms with Crippen LogP contribution < -0.4 is 0 Å². The number of rotatable bonds is 7. The number of hydrogen-bond donors (Lipinski definition) is 0. The molecule has 0 saturated heterocycles. The van der Waals surface area contributed by atoms with Crippen molar-refractivity contribution in [1.29, 1.82) is 0 Å². The molecule has 0 radical (unpaired) electrons. The van der Waals surface area contributed by atoms with Gasteiger partial charge in [0.2, 0.25) is 0 Å². The zero-order valence-electron chi connectivity index (χ0n) is 18.0. The summed E-state index contributed by atoms with van der Waals surface area (Å²) in [5, 5.41) is 0. The molecule has 0 amide bonds. The standard InChI is InChI=1S/C30H30/c1-3-7-24-10-14-27(15-11-24)29-18-20-30(21-19-29)28-16-12-25(13-17-28)22-23(2)26-8-5-4-6-9-26/h4-6,8-21,23H,3,7,22H2,1-2H3. The van der Waals surface area contributed by atoms with Crippen molar-refractivity contribution < 1.29 is 0 Å². The minimum Gasteiger partial charge on any atom is -0.0651 e. The lowest BCUT2D eigenvalue weighted by molar-refractivity contribution is 0.759. The summed E-state index contributed by atoms with van der Waals surface area (Å²) in [6.07, 6.45) is 3.41. The first-order chi connectivity index (χ1) is 14.7. The Kier molecular flexibility index (Phi) is 6.44. The monoisotopic (exact) mass is 390 g/mol. The van der Waals surface area contributed by atoms with Crippen LogP contribution in [0.1, 0.15) is 42.9 Å². The highest BCUT2D eigenvalue weighted by Gasteiger charge is 2.07. The maximum atomic E-state index is 2.30. The van der Waals surface area contributed by atoms with Gasteiger partial charge < -0.3 is 0 Å². The number of aryl methyl sites for hydroxylation is 1. The van der Waals surface area contributed by atoms with Crippen LogP contribution in [-0.4, -0.2) is 0 Å². The van der Waals surface area contributed by atoms with Gasteiger partial charge in [0.1, 0.15) is 0 Å². The molecule has 0 aliphatic rings. The second kappa shape index (κ2) is 9.59. The predicted molar refractivity (Wildman–Crippen MR) is 130 cm³/mol. The van der Waals surface area contributed by atoms with E-state index in [1.807, 2.05) is 0 Å². The lowest BCUT2D eigenvalue weighted by Crippen LogP contribution is -1.98. The minimum absolute atomic E-state index is 0.528. The normalized spacial score (nSPS) is 11.9. The van der Waals surface area contributed by atoms with Crippen molar-refractivity contribution in [3.8, 4) is 22.3 Å². The van der Waals surface area contributed by atoms with E-state index in [1.165, 1.54) is 45.4 Å². The summed E-state index contributed by atoms with van der Waals surface area (Å²) >= 11 is 0. The molecule has 0 bridgehead atoms. The van der Waals surface area contributed by atoms with Crippen LogP contribution in [0.4, 0.5) is 0 Å². The van der Waals surface area contributed by atoms with Gasteiger partial charge in [0.05, 0.1) is 0 Å². The summed E-state index contributed by atoms with van der Waals surface area (Å²) in [7, 11) is 0. The Bertz CT molecular complexity index is 1040. The predicted octanol–water partition coefficient (Wildman–Crippen LogP) is 8.32. The molecule has 0 aromatic heterocycles. The Morgan fingerprint density at radius 3 is 1.43 bits per heavy atom. The van der Waals surface area contributed by atoms with E-state index in [2.05, 4.69) is 117 Å². The van der Waals surface area contributed by atoms with E-state index in [0.717, 1.165) is 12.8 Å². The highest BCUT2D eigenvalue weighted by atomic mass is 14.1. The molecule has 1 unspecified atom stereocenters. The molecule has 0 N–H and O–H groups in total. The molecule has 0 nitrogen and oxygen atoms in total. The van der Waals surface area contributed by atoms with Gasteiger partial charge in [-0.05, 0) is 57.7 Å². The van der Waals surface area contributed by atoms with Crippen molar-refractivity contribution in [2.75, 3.05) is 0 Å². The van der Waals surface area contributed by atoms with E-state index in [0.29, 0.717) is 5.92 Å². The first-order valence-corrected chi connectivity index (χ1v) is 11.1. The Hall–Kier alpha value is -3.12. The highest BCUT2D eigenvalue weighted by molar-refractivity contribution is 5.70. The molecule has 30 heavy (non-hydrogen) atoms. The van der Waals surface area contributed by atoms with Gasteiger partial charge in [-0.3, -0.25) is 0 Å². The van der Waals surface area contributed by atoms with Crippen LogP contribution in [0.15, 0.2) is 103 Å². The molecule has 0 heteroatoms. The fraction of sp³-hybridized carbons (Fsp3) is 0.200. The molecular weight excluding hydrogens is 360 g/mol. The van der Waals surface area contributed by atoms with Gasteiger partial charge >= 0.3 is 0 Å². The topological polar surface area (TPSA) is 0 Å². The number of hydrogen-bond acceptors (Lipinski definition) is 0. The van der Waals surface area contributed by atoms with Crippen molar-refractivity contribution in [3.05, 3.63) is 120 Å². The molecule has 0 heterocycles. The van der Waals surface area contributed by atoms with Gasteiger partial charge in [-0.25, -0.2) is 0 Å². The molecule has 4 aromatic carbocycles. The van der Waals surface area contributed by atoms with Crippen LogP contribution in [-0.2, 0) is 12.8 Å². The minimum atomic E-state index is 0.528. The third-order valence-electron chi connectivity index (χ3n) is 5.91. The third-order valence-corrected chi connectivity index (χ3v) is 5.91. The molecular formula is C30H30. The van der Waals surface area contributed by atoms with Crippen LogP contribution in [0, 0.1) is 0 Å². The summed E-state index contributed by atoms with van der Waals surface area (Å²) in [6, 6.07) is 37.7. The Morgan fingerprint density at radius 1 is 0.533 bits per heavy atom. The second-order valence-electron chi connectivity index (χ2n) is 8.24. The van der Waals surface area contributed by atoms with Crippen molar-refractivity contribution in [1.82, 2.24) is 0 Å². The Balaban J connectivity index is 1.44. The van der Waals surface area contributed by atoms with Crippen LogP contribution in [0.5, 0.6) is 0 Å². The van der Waals surface area contributed by atoms with E-state index < -0.39 is 0 Å². The molecule has 0 saturated carbocycles. The Morgan fingerprint density at radius 2 is 0.967 bits per heavy atom. The van der Waals surface area contributed by atoms with Gasteiger partial charge in [-0.1, -0.05) is 123 Å². The van der Waals surface area contributed by atoms with Crippen molar-refractivity contribution in [2.24, 2.45) is 0 Å². The van der Waals surface area contributed by atoms with Crippen LogP contribution in [0.3, 0.4) is 0 Å².